The molecule has 0 spiro atoms. The highest BCUT2D eigenvalue weighted by molar-refractivity contribution is 7.92. The molecule has 3 aromatic carbocycles. The SMILES string of the molecule is COc1cccc(C(C)N(c2ccc(C)cc2)S(=O)(=O)c2ccc(F)cc2)c1. The zero-order valence-electron chi connectivity index (χ0n) is 16.0. The summed E-state index contributed by atoms with van der Waals surface area (Å²) in [6, 6.07) is 18.9. The van der Waals surface area contributed by atoms with Gasteiger partial charge in [0.05, 0.1) is 23.7 Å². The van der Waals surface area contributed by atoms with Crippen molar-refractivity contribution in [3.63, 3.8) is 0 Å². The number of rotatable bonds is 6. The van der Waals surface area contributed by atoms with Crippen molar-refractivity contribution in [2.75, 3.05) is 11.4 Å². The van der Waals surface area contributed by atoms with Gasteiger partial charge in [0, 0.05) is 0 Å². The van der Waals surface area contributed by atoms with Gasteiger partial charge in [-0.15, -0.1) is 0 Å². The minimum Gasteiger partial charge on any atom is -0.497 e. The summed E-state index contributed by atoms with van der Waals surface area (Å²) in [5.41, 5.74) is 2.34. The third-order valence-electron chi connectivity index (χ3n) is 4.59. The summed E-state index contributed by atoms with van der Waals surface area (Å²) in [4.78, 5) is 0.0317. The predicted octanol–water partition coefficient (Wildman–Crippen LogP) is 5.10. The maximum absolute atomic E-state index is 13.5. The minimum absolute atomic E-state index is 0.0317. The monoisotopic (exact) mass is 399 g/mol. The molecule has 3 rings (SSSR count). The largest absolute Gasteiger partial charge is 0.497 e. The molecule has 0 aliphatic rings. The third kappa shape index (κ3) is 4.02. The number of benzene rings is 3. The van der Waals surface area contributed by atoms with E-state index in [1.165, 1.54) is 16.4 Å². The van der Waals surface area contributed by atoms with Gasteiger partial charge in [-0.05, 0) is 67.9 Å². The third-order valence-corrected chi connectivity index (χ3v) is 6.50. The number of halogens is 1. The summed E-state index contributed by atoms with van der Waals surface area (Å²) in [6.07, 6.45) is 0. The van der Waals surface area contributed by atoms with Gasteiger partial charge in [-0.2, -0.15) is 0 Å². The van der Waals surface area contributed by atoms with E-state index in [0.717, 1.165) is 23.3 Å². The molecular formula is C22H22FNO3S. The van der Waals surface area contributed by atoms with E-state index in [4.69, 9.17) is 4.74 Å². The number of anilines is 1. The lowest BCUT2D eigenvalue weighted by Gasteiger charge is -2.31. The highest BCUT2D eigenvalue weighted by Crippen LogP contribution is 2.34. The van der Waals surface area contributed by atoms with Crippen LogP contribution in [0.4, 0.5) is 10.1 Å². The van der Waals surface area contributed by atoms with Crippen molar-refractivity contribution >= 4 is 15.7 Å². The average Bonchev–Trinajstić information content (AvgIpc) is 2.70. The zero-order valence-corrected chi connectivity index (χ0v) is 16.8. The van der Waals surface area contributed by atoms with Crippen molar-refractivity contribution in [1.29, 1.82) is 0 Å². The number of methoxy groups -OCH3 is 1. The Hall–Kier alpha value is -2.86. The first-order valence-electron chi connectivity index (χ1n) is 8.83. The van der Waals surface area contributed by atoms with E-state index in [1.54, 1.807) is 25.3 Å². The second-order valence-corrected chi connectivity index (χ2v) is 8.36. The van der Waals surface area contributed by atoms with Crippen LogP contribution in [0.3, 0.4) is 0 Å². The maximum Gasteiger partial charge on any atom is 0.264 e. The Morgan fingerprint density at radius 3 is 2.21 bits per heavy atom. The standard InChI is InChI=1S/C22H22FNO3S/c1-16-7-11-20(12-8-16)24(17(2)18-5-4-6-21(15-18)27-3)28(25,26)22-13-9-19(23)10-14-22/h4-15,17H,1-3H3. The lowest BCUT2D eigenvalue weighted by molar-refractivity contribution is 0.414. The fraction of sp³-hybridized carbons (Fsp3) is 0.182. The Morgan fingerprint density at radius 1 is 0.964 bits per heavy atom. The lowest BCUT2D eigenvalue weighted by atomic mass is 10.1. The van der Waals surface area contributed by atoms with Gasteiger partial charge in [-0.25, -0.2) is 12.8 Å². The number of hydrogen-bond acceptors (Lipinski definition) is 3. The van der Waals surface area contributed by atoms with Crippen molar-refractivity contribution in [2.24, 2.45) is 0 Å². The molecule has 0 saturated heterocycles. The minimum atomic E-state index is -3.92. The van der Waals surface area contributed by atoms with Crippen LogP contribution in [0.2, 0.25) is 0 Å². The molecule has 146 valence electrons. The van der Waals surface area contributed by atoms with Crippen LogP contribution in [0, 0.1) is 12.7 Å². The van der Waals surface area contributed by atoms with E-state index in [1.807, 2.05) is 44.2 Å². The van der Waals surface area contributed by atoms with Crippen LogP contribution < -0.4 is 9.04 Å². The normalized spacial score (nSPS) is 12.4. The van der Waals surface area contributed by atoms with Crippen LogP contribution in [-0.2, 0) is 10.0 Å². The van der Waals surface area contributed by atoms with Crippen molar-refractivity contribution in [3.8, 4) is 5.75 Å². The number of nitrogens with zero attached hydrogens (tertiary/aromatic N) is 1. The van der Waals surface area contributed by atoms with Crippen molar-refractivity contribution in [2.45, 2.75) is 24.8 Å². The second-order valence-electron chi connectivity index (χ2n) is 6.54. The van der Waals surface area contributed by atoms with Crippen LogP contribution in [0.25, 0.3) is 0 Å². The maximum atomic E-state index is 13.5. The molecule has 0 N–H and O–H groups in total. The van der Waals surface area contributed by atoms with Crippen LogP contribution in [0.15, 0.2) is 77.7 Å². The topological polar surface area (TPSA) is 46.6 Å². The van der Waals surface area contributed by atoms with E-state index in [0.29, 0.717) is 11.4 Å². The van der Waals surface area contributed by atoms with Crippen LogP contribution >= 0.6 is 0 Å². The molecule has 28 heavy (non-hydrogen) atoms. The number of hydrogen-bond donors (Lipinski definition) is 0. The molecule has 0 bridgehead atoms. The lowest BCUT2D eigenvalue weighted by Crippen LogP contribution is -2.33. The molecule has 0 heterocycles. The molecule has 1 atom stereocenters. The molecule has 0 aromatic heterocycles. The Bertz CT molecular complexity index is 1050. The van der Waals surface area contributed by atoms with E-state index in [2.05, 4.69) is 0 Å². The summed E-state index contributed by atoms with van der Waals surface area (Å²) in [5.74, 6) is 0.161. The van der Waals surface area contributed by atoms with E-state index < -0.39 is 21.9 Å². The van der Waals surface area contributed by atoms with Gasteiger partial charge in [0.25, 0.3) is 10.0 Å². The summed E-state index contributed by atoms with van der Waals surface area (Å²) < 4.78 is 46.9. The number of ether oxygens (including phenoxy) is 1. The Balaban J connectivity index is 2.14. The smallest absolute Gasteiger partial charge is 0.264 e. The Kier molecular flexibility index (Phi) is 5.70. The average molecular weight is 399 g/mol. The van der Waals surface area contributed by atoms with Gasteiger partial charge in [-0.3, -0.25) is 4.31 Å². The molecule has 0 aliphatic carbocycles. The Morgan fingerprint density at radius 2 is 1.61 bits per heavy atom. The molecule has 6 heteroatoms. The molecular weight excluding hydrogens is 377 g/mol. The first-order valence-corrected chi connectivity index (χ1v) is 10.3. The quantitative estimate of drug-likeness (QED) is 0.579. The fourth-order valence-electron chi connectivity index (χ4n) is 3.02. The molecule has 0 amide bonds. The van der Waals surface area contributed by atoms with Gasteiger partial charge in [-0.1, -0.05) is 29.8 Å². The van der Waals surface area contributed by atoms with E-state index in [-0.39, 0.29) is 4.90 Å². The van der Waals surface area contributed by atoms with Crippen LogP contribution in [-0.4, -0.2) is 15.5 Å². The molecule has 0 aliphatic heterocycles. The summed E-state index contributed by atoms with van der Waals surface area (Å²) in [6.45, 7) is 3.75. The summed E-state index contributed by atoms with van der Waals surface area (Å²) in [7, 11) is -2.36. The van der Waals surface area contributed by atoms with Gasteiger partial charge in [0.15, 0.2) is 0 Å². The highest BCUT2D eigenvalue weighted by Gasteiger charge is 2.30. The summed E-state index contributed by atoms with van der Waals surface area (Å²) >= 11 is 0. The van der Waals surface area contributed by atoms with Crippen LogP contribution in [0.1, 0.15) is 24.1 Å². The van der Waals surface area contributed by atoms with Gasteiger partial charge >= 0.3 is 0 Å². The van der Waals surface area contributed by atoms with Crippen molar-refractivity contribution < 1.29 is 17.5 Å². The van der Waals surface area contributed by atoms with Gasteiger partial charge in [0.1, 0.15) is 11.6 Å². The molecule has 4 nitrogen and oxygen atoms in total. The van der Waals surface area contributed by atoms with Gasteiger partial charge < -0.3 is 4.74 Å². The first-order chi connectivity index (χ1) is 13.3. The molecule has 1 unspecified atom stereocenters. The fourth-order valence-corrected chi connectivity index (χ4v) is 4.66. The molecule has 0 radical (unpaired) electrons. The summed E-state index contributed by atoms with van der Waals surface area (Å²) in [5, 5.41) is 0. The second kappa shape index (κ2) is 8.02. The molecule has 0 saturated carbocycles. The van der Waals surface area contributed by atoms with Crippen LogP contribution in [0.5, 0.6) is 5.75 Å². The number of aryl methyl sites for hydroxylation is 1. The van der Waals surface area contributed by atoms with Crippen molar-refractivity contribution in [1.82, 2.24) is 0 Å². The van der Waals surface area contributed by atoms with Crippen molar-refractivity contribution in [3.05, 3.63) is 89.7 Å². The highest BCUT2D eigenvalue weighted by atomic mass is 32.2. The number of sulfonamides is 1. The van der Waals surface area contributed by atoms with E-state index in [9.17, 15) is 12.8 Å². The molecule has 0 fully saturated rings. The van der Waals surface area contributed by atoms with Gasteiger partial charge in [0.2, 0.25) is 0 Å². The predicted molar refractivity (Wildman–Crippen MR) is 109 cm³/mol. The zero-order chi connectivity index (χ0) is 20.3. The molecule has 3 aromatic rings. The Labute approximate surface area is 165 Å². The van der Waals surface area contributed by atoms with E-state index >= 15 is 0 Å². The first kappa shape index (κ1) is 19.9.